The summed E-state index contributed by atoms with van der Waals surface area (Å²) in [6.07, 6.45) is 5.13. The first-order valence-corrected chi connectivity index (χ1v) is 4.21. The van der Waals surface area contributed by atoms with Gasteiger partial charge in [-0.1, -0.05) is 6.07 Å². The van der Waals surface area contributed by atoms with Gasteiger partial charge in [-0.05, 0) is 6.07 Å². The number of nitrogens with zero attached hydrogens (tertiary/aromatic N) is 2. The number of pyridine rings is 2. The van der Waals surface area contributed by atoms with E-state index in [1.54, 1.807) is 41.5 Å². The Balaban J connectivity index is 2.16. The van der Waals surface area contributed by atoms with Crippen LogP contribution in [-0.2, 0) is 0 Å². The van der Waals surface area contributed by atoms with Gasteiger partial charge in [-0.15, -0.1) is 0 Å². The van der Waals surface area contributed by atoms with Crippen molar-refractivity contribution in [2.45, 2.75) is 0 Å². The quantitative estimate of drug-likeness (QED) is 0.709. The molecule has 0 saturated heterocycles. The van der Waals surface area contributed by atoms with E-state index in [9.17, 15) is 0 Å². The molecule has 2 heterocycles. The molecule has 2 rings (SSSR count). The summed E-state index contributed by atoms with van der Waals surface area (Å²) in [6.45, 7) is 0. The van der Waals surface area contributed by atoms with E-state index in [0.29, 0.717) is 11.6 Å². The first kappa shape index (κ1) is 8.50. The molecule has 14 heavy (non-hydrogen) atoms. The van der Waals surface area contributed by atoms with Gasteiger partial charge in [-0.2, -0.15) is 0 Å². The molecule has 2 N–H and O–H groups in total. The lowest BCUT2D eigenvalue weighted by molar-refractivity contribution is -0.875. The van der Waals surface area contributed by atoms with Gasteiger partial charge >= 0.3 is 0 Å². The summed E-state index contributed by atoms with van der Waals surface area (Å²) in [4.78, 5) is 9.41. The number of rotatable bonds is 2. The fraction of sp³-hybridized carbons (Fsp3) is 0. The first-order valence-electron chi connectivity index (χ1n) is 4.21. The summed E-state index contributed by atoms with van der Waals surface area (Å²) >= 11 is 0. The van der Waals surface area contributed by atoms with Crippen LogP contribution in [0.3, 0.4) is 0 Å². The summed E-state index contributed by atoms with van der Waals surface area (Å²) in [5.74, 6) is 0.544. The van der Waals surface area contributed by atoms with Crippen LogP contribution in [0.2, 0.25) is 0 Å². The molecule has 0 atom stereocenters. The maximum Gasteiger partial charge on any atom is 0.295 e. The average molecular weight is 188 g/mol. The van der Waals surface area contributed by atoms with E-state index < -0.39 is 0 Å². The summed E-state index contributed by atoms with van der Waals surface area (Å²) in [5, 5.41) is 0. The fourth-order valence-corrected chi connectivity index (χ4v) is 0.994. The molecular weight excluding hydrogens is 178 g/mol. The second-order valence-electron chi connectivity index (χ2n) is 2.75. The predicted octanol–water partition coefficient (Wildman–Crippen LogP) is 0.793. The van der Waals surface area contributed by atoms with Crippen LogP contribution in [0, 0.1) is 0 Å². The van der Waals surface area contributed by atoms with Crippen molar-refractivity contribution in [3.05, 3.63) is 48.9 Å². The highest BCUT2D eigenvalue weighted by Crippen LogP contribution is 2.01. The highest BCUT2D eigenvalue weighted by atomic mass is 16.7. The maximum atomic E-state index is 5.54. The molecule has 4 nitrogen and oxygen atoms in total. The van der Waals surface area contributed by atoms with Crippen molar-refractivity contribution in [3.63, 3.8) is 0 Å². The fourth-order valence-electron chi connectivity index (χ4n) is 0.994. The van der Waals surface area contributed by atoms with Crippen LogP contribution in [0.5, 0.6) is 5.88 Å². The molecule has 0 aliphatic carbocycles. The molecule has 70 valence electrons. The molecule has 0 saturated carbocycles. The molecule has 0 radical (unpaired) electrons. The van der Waals surface area contributed by atoms with Gasteiger partial charge in [0, 0.05) is 34.8 Å². The molecule has 0 aliphatic rings. The van der Waals surface area contributed by atoms with E-state index in [1.165, 1.54) is 0 Å². The number of aromatic nitrogens is 2. The van der Waals surface area contributed by atoms with E-state index >= 15 is 0 Å². The number of nitrogen functional groups attached to an aromatic ring is 1. The first-order chi connectivity index (χ1) is 6.84. The molecule has 0 bridgehead atoms. The molecule has 0 spiro atoms. The van der Waals surface area contributed by atoms with Gasteiger partial charge in [-0.25, -0.2) is 9.82 Å². The minimum absolute atomic E-state index is 0.544. The minimum atomic E-state index is 0.544. The second kappa shape index (κ2) is 3.74. The van der Waals surface area contributed by atoms with Crippen LogP contribution in [-0.4, -0.2) is 4.98 Å². The summed E-state index contributed by atoms with van der Waals surface area (Å²) in [6, 6.07) is 8.98. The normalized spacial score (nSPS) is 9.71. The number of hydrogen-bond donors (Lipinski definition) is 1. The van der Waals surface area contributed by atoms with Crippen LogP contribution in [0.1, 0.15) is 0 Å². The van der Waals surface area contributed by atoms with Crippen molar-refractivity contribution < 1.29 is 9.57 Å². The zero-order chi connectivity index (χ0) is 9.80. The van der Waals surface area contributed by atoms with E-state index in [4.69, 9.17) is 10.6 Å². The number of nitrogens with two attached hydrogens (primary N) is 1. The topological polar surface area (TPSA) is 52.0 Å². The van der Waals surface area contributed by atoms with Crippen LogP contribution < -0.4 is 15.3 Å². The van der Waals surface area contributed by atoms with Crippen molar-refractivity contribution >= 4 is 5.69 Å². The largest absolute Gasteiger partial charge is 0.398 e. The maximum absolute atomic E-state index is 5.54. The lowest BCUT2D eigenvalue weighted by atomic mass is 10.4. The van der Waals surface area contributed by atoms with Crippen LogP contribution in [0.25, 0.3) is 0 Å². The van der Waals surface area contributed by atoms with Gasteiger partial charge in [0.2, 0.25) is 12.4 Å². The zero-order valence-corrected chi connectivity index (χ0v) is 7.50. The smallest absolute Gasteiger partial charge is 0.295 e. The number of anilines is 1. The summed E-state index contributed by atoms with van der Waals surface area (Å²) < 4.78 is 1.54. The van der Waals surface area contributed by atoms with Gasteiger partial charge in [0.05, 0.1) is 0 Å². The molecule has 0 amide bonds. The lowest BCUT2D eigenvalue weighted by Crippen LogP contribution is -2.38. The molecule has 2 aromatic rings. The molecule has 0 aliphatic heterocycles. The van der Waals surface area contributed by atoms with Gasteiger partial charge in [-0.3, -0.25) is 0 Å². The van der Waals surface area contributed by atoms with E-state index in [0.717, 1.165) is 0 Å². The molecule has 4 heteroatoms. The van der Waals surface area contributed by atoms with Crippen molar-refractivity contribution in [3.8, 4) is 5.88 Å². The predicted molar refractivity (Wildman–Crippen MR) is 51.3 cm³/mol. The molecule has 0 unspecified atom stereocenters. The standard InChI is InChI=1S/C10H9N3O/c11-9-4-7-13(8-5-9)14-10-3-1-2-6-12-10/h1-8,11H/p+1. The van der Waals surface area contributed by atoms with Gasteiger partial charge in [0.1, 0.15) is 0 Å². The summed E-state index contributed by atoms with van der Waals surface area (Å²) in [5.41, 5.74) is 6.24. The van der Waals surface area contributed by atoms with Crippen molar-refractivity contribution in [2.24, 2.45) is 0 Å². The second-order valence-corrected chi connectivity index (χ2v) is 2.75. The van der Waals surface area contributed by atoms with Gasteiger partial charge in [0.15, 0.2) is 0 Å². The van der Waals surface area contributed by atoms with Crippen molar-refractivity contribution in [1.82, 2.24) is 4.98 Å². The Morgan fingerprint density at radius 2 is 1.93 bits per heavy atom. The Labute approximate surface area is 81.5 Å². The van der Waals surface area contributed by atoms with Crippen LogP contribution in [0.15, 0.2) is 48.9 Å². The SMILES string of the molecule is Nc1cc[n+](Oc2ccccn2)cc1. The molecule has 0 aromatic carbocycles. The molecule has 0 fully saturated rings. The van der Waals surface area contributed by atoms with Gasteiger partial charge in [0.25, 0.3) is 5.88 Å². The number of hydrogen-bond acceptors (Lipinski definition) is 3. The third-order valence-corrected chi connectivity index (χ3v) is 1.66. The third kappa shape index (κ3) is 1.98. The highest BCUT2D eigenvalue weighted by molar-refractivity contribution is 5.32. The Morgan fingerprint density at radius 3 is 2.57 bits per heavy atom. The Bertz CT molecular complexity index is 399. The lowest BCUT2D eigenvalue weighted by Gasteiger charge is -1.95. The van der Waals surface area contributed by atoms with Crippen molar-refractivity contribution in [1.29, 1.82) is 0 Å². The summed E-state index contributed by atoms with van der Waals surface area (Å²) in [7, 11) is 0. The Hall–Kier alpha value is -2.10. The van der Waals surface area contributed by atoms with E-state index in [1.807, 2.05) is 12.1 Å². The minimum Gasteiger partial charge on any atom is -0.398 e. The third-order valence-electron chi connectivity index (χ3n) is 1.66. The molecule has 2 aromatic heterocycles. The van der Waals surface area contributed by atoms with Crippen LogP contribution >= 0.6 is 0 Å². The van der Waals surface area contributed by atoms with Crippen LogP contribution in [0.4, 0.5) is 5.69 Å². The van der Waals surface area contributed by atoms with Gasteiger partial charge < -0.3 is 5.73 Å². The van der Waals surface area contributed by atoms with E-state index in [-0.39, 0.29) is 0 Å². The van der Waals surface area contributed by atoms with Crippen molar-refractivity contribution in [2.75, 3.05) is 5.73 Å². The highest BCUT2D eigenvalue weighted by Gasteiger charge is 2.02. The Kier molecular flexibility index (Phi) is 2.27. The Morgan fingerprint density at radius 1 is 1.14 bits per heavy atom. The monoisotopic (exact) mass is 188 g/mol. The average Bonchev–Trinajstić information content (AvgIpc) is 2.23. The van der Waals surface area contributed by atoms with E-state index in [2.05, 4.69) is 4.98 Å². The molecular formula is C10H10N3O+. The zero-order valence-electron chi connectivity index (χ0n) is 7.50.